The van der Waals surface area contributed by atoms with Crippen LogP contribution in [0.2, 0.25) is 0 Å². The van der Waals surface area contributed by atoms with Crippen LogP contribution in [0.1, 0.15) is 17.4 Å². The smallest absolute Gasteiger partial charge is 0.276 e. The Morgan fingerprint density at radius 3 is 2.12 bits per heavy atom. The van der Waals surface area contributed by atoms with Gasteiger partial charge in [-0.05, 0) is 73.7 Å². The largest absolute Gasteiger partial charge is 0.494 e. The third kappa shape index (κ3) is 5.02. The fourth-order valence-electron chi connectivity index (χ4n) is 2.99. The Balaban J connectivity index is 1.43. The predicted octanol–water partition coefficient (Wildman–Crippen LogP) is 4.68. The Morgan fingerprint density at radius 1 is 0.844 bits per heavy atom. The predicted molar refractivity (Wildman–Crippen MR) is 122 cm³/mol. The number of para-hydroxylation sites is 1. The van der Waals surface area contributed by atoms with Gasteiger partial charge in [0.15, 0.2) is 0 Å². The van der Waals surface area contributed by atoms with E-state index in [2.05, 4.69) is 10.4 Å². The molecule has 1 amide bonds. The van der Waals surface area contributed by atoms with Crippen molar-refractivity contribution in [3.63, 3.8) is 0 Å². The van der Waals surface area contributed by atoms with Gasteiger partial charge >= 0.3 is 0 Å². The first-order chi connectivity index (χ1) is 15.6. The zero-order valence-electron chi connectivity index (χ0n) is 17.4. The fraction of sp³-hybridized carbons (Fsp3) is 0.0800. The Morgan fingerprint density at radius 2 is 1.47 bits per heavy atom. The van der Waals surface area contributed by atoms with Crippen LogP contribution >= 0.6 is 0 Å². The molecule has 3 aromatic carbocycles. The van der Waals surface area contributed by atoms with Gasteiger partial charge in [0.05, 0.1) is 12.3 Å². The van der Waals surface area contributed by atoms with E-state index in [-0.39, 0.29) is 11.3 Å². The molecule has 0 unspecified atom stereocenters. The van der Waals surface area contributed by atoms with E-state index in [0.29, 0.717) is 29.5 Å². The summed E-state index contributed by atoms with van der Waals surface area (Å²) in [7, 11) is 0. The van der Waals surface area contributed by atoms with Crippen molar-refractivity contribution in [3.8, 4) is 22.9 Å². The van der Waals surface area contributed by atoms with Crippen LogP contribution in [0.5, 0.6) is 17.2 Å². The monoisotopic (exact) mass is 427 g/mol. The summed E-state index contributed by atoms with van der Waals surface area (Å²) in [4.78, 5) is 24.8. The van der Waals surface area contributed by atoms with Crippen LogP contribution in [-0.4, -0.2) is 22.3 Å². The van der Waals surface area contributed by atoms with Gasteiger partial charge in [-0.2, -0.15) is 9.78 Å². The third-order valence-electron chi connectivity index (χ3n) is 4.52. The average molecular weight is 427 g/mol. The molecular weight excluding hydrogens is 406 g/mol. The summed E-state index contributed by atoms with van der Waals surface area (Å²) in [6.45, 7) is 2.54. The molecular formula is C25H21N3O4. The second-order valence-electron chi connectivity index (χ2n) is 6.79. The van der Waals surface area contributed by atoms with Gasteiger partial charge in [-0.1, -0.05) is 18.2 Å². The molecule has 1 N–H and O–H groups in total. The van der Waals surface area contributed by atoms with Crippen molar-refractivity contribution in [2.75, 3.05) is 11.9 Å². The normalized spacial score (nSPS) is 10.4. The molecule has 7 nitrogen and oxygen atoms in total. The van der Waals surface area contributed by atoms with Crippen molar-refractivity contribution < 1.29 is 14.3 Å². The first-order valence-corrected chi connectivity index (χ1v) is 10.1. The Bertz CT molecular complexity index is 1250. The lowest BCUT2D eigenvalue weighted by Gasteiger charge is -2.10. The molecule has 7 heteroatoms. The molecule has 32 heavy (non-hydrogen) atoms. The zero-order chi connectivity index (χ0) is 22.3. The zero-order valence-corrected chi connectivity index (χ0v) is 17.4. The van der Waals surface area contributed by atoms with Crippen LogP contribution in [0.3, 0.4) is 0 Å². The molecule has 160 valence electrons. The van der Waals surface area contributed by atoms with Crippen molar-refractivity contribution >= 4 is 11.6 Å². The molecule has 0 atom stereocenters. The maximum atomic E-state index is 12.6. The maximum absolute atomic E-state index is 12.6. The molecule has 0 radical (unpaired) electrons. The van der Waals surface area contributed by atoms with E-state index >= 15 is 0 Å². The van der Waals surface area contributed by atoms with Crippen LogP contribution < -0.4 is 20.3 Å². The minimum Gasteiger partial charge on any atom is -0.494 e. The number of benzene rings is 3. The van der Waals surface area contributed by atoms with Crippen LogP contribution in [0, 0.1) is 0 Å². The number of nitrogens with zero attached hydrogens (tertiary/aromatic N) is 2. The van der Waals surface area contributed by atoms with Crippen LogP contribution in [-0.2, 0) is 0 Å². The van der Waals surface area contributed by atoms with E-state index in [1.54, 1.807) is 48.5 Å². The van der Waals surface area contributed by atoms with Gasteiger partial charge in [-0.25, -0.2) is 0 Å². The van der Waals surface area contributed by atoms with Crippen molar-refractivity contribution in [2.45, 2.75) is 6.92 Å². The first-order valence-electron chi connectivity index (χ1n) is 10.1. The minimum absolute atomic E-state index is 0.128. The number of amides is 1. The van der Waals surface area contributed by atoms with Crippen molar-refractivity contribution in [1.82, 2.24) is 9.78 Å². The van der Waals surface area contributed by atoms with Gasteiger partial charge in [0.2, 0.25) is 0 Å². The fourth-order valence-corrected chi connectivity index (χ4v) is 2.99. The molecule has 0 saturated heterocycles. The third-order valence-corrected chi connectivity index (χ3v) is 4.52. The van der Waals surface area contributed by atoms with Crippen LogP contribution in [0.4, 0.5) is 5.69 Å². The summed E-state index contributed by atoms with van der Waals surface area (Å²) in [5.74, 6) is 1.67. The first kappa shape index (κ1) is 20.9. The Hall–Kier alpha value is -4.39. The molecule has 0 aliphatic carbocycles. The molecule has 1 heterocycles. The van der Waals surface area contributed by atoms with Crippen LogP contribution in [0.15, 0.2) is 95.8 Å². The summed E-state index contributed by atoms with van der Waals surface area (Å²) < 4.78 is 12.4. The van der Waals surface area contributed by atoms with E-state index in [0.717, 1.165) is 5.75 Å². The van der Waals surface area contributed by atoms with Crippen molar-refractivity contribution in [1.29, 1.82) is 0 Å². The van der Waals surface area contributed by atoms with Gasteiger partial charge in [0.1, 0.15) is 22.9 Å². The summed E-state index contributed by atoms with van der Waals surface area (Å²) >= 11 is 0. The van der Waals surface area contributed by atoms with E-state index in [1.165, 1.54) is 16.8 Å². The van der Waals surface area contributed by atoms with E-state index in [4.69, 9.17) is 9.47 Å². The minimum atomic E-state index is -0.421. The number of anilines is 1. The highest BCUT2D eigenvalue weighted by molar-refractivity contribution is 6.02. The molecule has 4 aromatic rings. The van der Waals surface area contributed by atoms with Gasteiger partial charge < -0.3 is 14.8 Å². The number of hydrogen-bond acceptors (Lipinski definition) is 5. The maximum Gasteiger partial charge on any atom is 0.276 e. The van der Waals surface area contributed by atoms with Gasteiger partial charge in [0, 0.05) is 11.8 Å². The molecule has 0 saturated carbocycles. The van der Waals surface area contributed by atoms with Gasteiger partial charge in [-0.3, -0.25) is 9.59 Å². The molecule has 1 aromatic heterocycles. The van der Waals surface area contributed by atoms with Gasteiger partial charge in [-0.15, -0.1) is 0 Å². The highest BCUT2D eigenvalue weighted by Crippen LogP contribution is 2.25. The van der Waals surface area contributed by atoms with Gasteiger partial charge in [0.25, 0.3) is 11.5 Å². The average Bonchev–Trinajstić information content (AvgIpc) is 2.82. The Kier molecular flexibility index (Phi) is 6.27. The number of nitrogens with one attached hydrogen (secondary N) is 1. The second kappa shape index (κ2) is 9.61. The summed E-state index contributed by atoms with van der Waals surface area (Å²) in [6.07, 6.45) is 0. The summed E-state index contributed by atoms with van der Waals surface area (Å²) in [5.41, 5.74) is 0.975. The van der Waals surface area contributed by atoms with E-state index < -0.39 is 5.91 Å². The topological polar surface area (TPSA) is 82.5 Å². The van der Waals surface area contributed by atoms with Crippen molar-refractivity contribution in [3.05, 3.63) is 107 Å². The lowest BCUT2D eigenvalue weighted by molar-refractivity contribution is 0.102. The number of ether oxygens (including phenoxy) is 2. The van der Waals surface area contributed by atoms with E-state index in [1.807, 2.05) is 37.3 Å². The number of carbonyl (C=O) groups excluding carboxylic acids is 1. The number of rotatable bonds is 7. The van der Waals surface area contributed by atoms with Crippen LogP contribution in [0.25, 0.3) is 5.69 Å². The SMILES string of the molecule is CCOc1ccc(Oc2ccc(NC(=O)c3ccc(=O)n(-c4ccccc4)n3)cc2)cc1. The molecule has 0 aliphatic heterocycles. The second-order valence-corrected chi connectivity index (χ2v) is 6.79. The van der Waals surface area contributed by atoms with E-state index in [9.17, 15) is 9.59 Å². The summed E-state index contributed by atoms with van der Waals surface area (Å²) in [5, 5.41) is 6.97. The quantitative estimate of drug-likeness (QED) is 0.463. The lowest BCUT2D eigenvalue weighted by Crippen LogP contribution is -2.24. The highest BCUT2D eigenvalue weighted by atomic mass is 16.5. The summed E-state index contributed by atoms with van der Waals surface area (Å²) in [6, 6.07) is 26.0. The number of carbonyl (C=O) groups is 1. The number of aromatic nitrogens is 2. The molecule has 0 aliphatic rings. The van der Waals surface area contributed by atoms with Crippen molar-refractivity contribution in [2.24, 2.45) is 0 Å². The highest BCUT2D eigenvalue weighted by Gasteiger charge is 2.11. The molecule has 0 spiro atoms. The lowest BCUT2D eigenvalue weighted by atomic mass is 10.2. The molecule has 0 fully saturated rings. The number of hydrogen-bond donors (Lipinski definition) is 1. The Labute approximate surface area is 184 Å². The molecule has 4 rings (SSSR count). The molecule has 0 bridgehead atoms. The standard InChI is InChI=1S/C25H21N3O4/c1-2-31-20-12-14-22(15-13-20)32-21-10-8-18(9-11-21)26-25(30)23-16-17-24(29)28(27-23)19-6-4-3-5-7-19/h3-17H,2H2,1H3,(H,26,30).